The summed E-state index contributed by atoms with van der Waals surface area (Å²) in [6.45, 7) is 3.91. The number of imidazole rings is 1. The zero-order valence-corrected chi connectivity index (χ0v) is 12.7. The Hall–Kier alpha value is -1.76. The van der Waals surface area contributed by atoms with Crippen molar-refractivity contribution in [3.63, 3.8) is 0 Å². The molecule has 19 heavy (non-hydrogen) atoms. The van der Waals surface area contributed by atoms with Crippen LogP contribution in [0.5, 0.6) is 0 Å². The van der Waals surface area contributed by atoms with Crippen LogP contribution in [0.4, 0.5) is 0 Å². The van der Waals surface area contributed by atoms with Crippen LogP contribution in [0.2, 0.25) is 0 Å². The number of hydrogen-bond acceptors (Lipinski definition) is 4. The summed E-state index contributed by atoms with van der Waals surface area (Å²) < 4.78 is 4.50. The number of aromatic nitrogens is 6. The van der Waals surface area contributed by atoms with Crippen molar-refractivity contribution >= 4 is 27.1 Å². The first-order valence-electron chi connectivity index (χ1n) is 5.85. The summed E-state index contributed by atoms with van der Waals surface area (Å²) in [5, 5.41) is 4.26. The van der Waals surface area contributed by atoms with Gasteiger partial charge in [-0.2, -0.15) is 5.10 Å². The molecular formula is C12H13BrN6. The molecule has 3 rings (SSSR count). The number of fused-ring (bicyclic) bond motifs is 1. The molecule has 0 amide bonds. The summed E-state index contributed by atoms with van der Waals surface area (Å²) in [6.07, 6.45) is 0. The largest absolute Gasteiger partial charge is 0.316 e. The van der Waals surface area contributed by atoms with Gasteiger partial charge < -0.3 is 4.57 Å². The van der Waals surface area contributed by atoms with Gasteiger partial charge in [0.25, 0.3) is 0 Å². The third kappa shape index (κ3) is 1.85. The van der Waals surface area contributed by atoms with Crippen molar-refractivity contribution in [1.82, 2.24) is 29.3 Å². The van der Waals surface area contributed by atoms with E-state index >= 15 is 0 Å². The van der Waals surface area contributed by atoms with Gasteiger partial charge in [-0.3, -0.25) is 4.68 Å². The molecule has 7 heteroatoms. The van der Waals surface area contributed by atoms with Gasteiger partial charge in [-0.1, -0.05) is 0 Å². The Kier molecular flexibility index (Phi) is 2.67. The molecule has 0 radical (unpaired) electrons. The maximum Gasteiger partial charge on any atom is 0.180 e. The lowest BCUT2D eigenvalue weighted by Gasteiger charge is -2.03. The Bertz CT molecular complexity index is 785. The molecule has 0 aliphatic carbocycles. The molecule has 0 N–H and O–H groups in total. The molecule has 3 heterocycles. The van der Waals surface area contributed by atoms with Crippen LogP contribution < -0.4 is 0 Å². The maximum absolute atomic E-state index is 4.61. The fourth-order valence-corrected chi connectivity index (χ4v) is 2.52. The molecule has 0 aliphatic heterocycles. The number of nitrogens with zero attached hydrogens (tertiary/aromatic N) is 6. The number of rotatable bonds is 1. The van der Waals surface area contributed by atoms with Crippen molar-refractivity contribution in [2.45, 2.75) is 13.8 Å². The van der Waals surface area contributed by atoms with Crippen LogP contribution >= 0.6 is 15.9 Å². The summed E-state index contributed by atoms with van der Waals surface area (Å²) in [4.78, 5) is 13.6. The molecule has 3 aromatic rings. The highest BCUT2D eigenvalue weighted by atomic mass is 79.9. The minimum Gasteiger partial charge on any atom is -0.316 e. The average Bonchev–Trinajstić information content (AvgIpc) is 2.82. The first kappa shape index (κ1) is 12.3. The number of halogens is 1. The Morgan fingerprint density at radius 2 is 1.84 bits per heavy atom. The van der Waals surface area contributed by atoms with Gasteiger partial charge in [-0.05, 0) is 29.8 Å². The van der Waals surface area contributed by atoms with E-state index in [2.05, 4.69) is 36.0 Å². The molecule has 0 bridgehead atoms. The van der Waals surface area contributed by atoms with Crippen molar-refractivity contribution < 1.29 is 0 Å². The van der Waals surface area contributed by atoms with Crippen LogP contribution in [-0.2, 0) is 14.1 Å². The maximum atomic E-state index is 4.61. The molecule has 0 spiro atoms. The van der Waals surface area contributed by atoms with Crippen molar-refractivity contribution in [3.8, 4) is 11.5 Å². The van der Waals surface area contributed by atoms with Crippen LogP contribution in [-0.4, -0.2) is 29.3 Å². The third-order valence-electron chi connectivity index (χ3n) is 3.20. The smallest absolute Gasteiger partial charge is 0.180 e. The third-order valence-corrected chi connectivity index (χ3v) is 3.58. The Morgan fingerprint density at radius 3 is 2.47 bits per heavy atom. The fraction of sp³-hybridized carbons (Fsp3) is 0.333. The molecule has 0 aliphatic rings. The lowest BCUT2D eigenvalue weighted by molar-refractivity contribution is 0.762. The van der Waals surface area contributed by atoms with Gasteiger partial charge >= 0.3 is 0 Å². The monoisotopic (exact) mass is 320 g/mol. The van der Waals surface area contributed by atoms with Gasteiger partial charge in [0, 0.05) is 20.2 Å². The number of aryl methyl sites for hydroxylation is 4. The van der Waals surface area contributed by atoms with E-state index < -0.39 is 0 Å². The van der Waals surface area contributed by atoms with E-state index in [1.165, 1.54) is 0 Å². The van der Waals surface area contributed by atoms with Gasteiger partial charge in [0.1, 0.15) is 21.6 Å². The molecule has 0 saturated carbocycles. The highest BCUT2D eigenvalue weighted by molar-refractivity contribution is 9.10. The molecule has 0 saturated heterocycles. The summed E-state index contributed by atoms with van der Waals surface area (Å²) in [6, 6.07) is 1.91. The van der Waals surface area contributed by atoms with Crippen LogP contribution in [0.3, 0.4) is 0 Å². The van der Waals surface area contributed by atoms with E-state index in [4.69, 9.17) is 0 Å². The van der Waals surface area contributed by atoms with Gasteiger partial charge in [-0.15, -0.1) is 0 Å². The van der Waals surface area contributed by atoms with Gasteiger partial charge in [0.2, 0.25) is 0 Å². The molecule has 0 aromatic carbocycles. The normalized spacial score (nSPS) is 11.4. The van der Waals surface area contributed by atoms with Crippen LogP contribution in [0, 0.1) is 13.8 Å². The van der Waals surface area contributed by atoms with Crippen LogP contribution in [0.15, 0.2) is 10.7 Å². The van der Waals surface area contributed by atoms with Crippen molar-refractivity contribution in [1.29, 1.82) is 0 Å². The summed E-state index contributed by atoms with van der Waals surface area (Å²) in [5.74, 6) is 1.59. The minimum absolute atomic E-state index is 0.661. The lowest BCUT2D eigenvalue weighted by atomic mass is 10.3. The Labute approximate surface area is 118 Å². The summed E-state index contributed by atoms with van der Waals surface area (Å²) in [7, 11) is 3.83. The zero-order chi connectivity index (χ0) is 13.7. The standard InChI is InChI=1S/C12H13BrN6/c1-6-10-12(18(3)7(2)15-10)16-11(14-6)8-5-9(13)17-19(8)4/h5H,1-4H3. The first-order chi connectivity index (χ1) is 8.97. The molecular weight excluding hydrogens is 308 g/mol. The highest BCUT2D eigenvalue weighted by Crippen LogP contribution is 2.23. The quantitative estimate of drug-likeness (QED) is 0.689. The van der Waals surface area contributed by atoms with E-state index in [-0.39, 0.29) is 0 Å². The van der Waals surface area contributed by atoms with E-state index in [0.29, 0.717) is 5.82 Å². The SMILES string of the molecule is Cc1nc(-c2cc(Br)nn2C)nc2c1nc(C)n2C. The first-order valence-corrected chi connectivity index (χ1v) is 6.64. The Balaban J connectivity index is 2.31. The topological polar surface area (TPSA) is 61.4 Å². The second kappa shape index (κ2) is 4.12. The van der Waals surface area contributed by atoms with Gasteiger partial charge in [0.15, 0.2) is 11.5 Å². The van der Waals surface area contributed by atoms with Crippen molar-refractivity contribution in [2.24, 2.45) is 14.1 Å². The molecule has 98 valence electrons. The summed E-state index contributed by atoms with van der Waals surface area (Å²) >= 11 is 3.36. The molecule has 0 atom stereocenters. The second-order valence-electron chi connectivity index (χ2n) is 4.50. The van der Waals surface area contributed by atoms with Crippen LogP contribution in [0.25, 0.3) is 22.7 Å². The van der Waals surface area contributed by atoms with Gasteiger partial charge in [0.05, 0.1) is 5.69 Å². The van der Waals surface area contributed by atoms with E-state index in [9.17, 15) is 0 Å². The van der Waals surface area contributed by atoms with E-state index in [1.54, 1.807) is 4.68 Å². The molecule has 3 aromatic heterocycles. The molecule has 0 fully saturated rings. The lowest BCUT2D eigenvalue weighted by Crippen LogP contribution is -2.01. The predicted octanol–water partition coefficient (Wildman–Crippen LogP) is 2.14. The van der Waals surface area contributed by atoms with Crippen molar-refractivity contribution in [3.05, 3.63) is 22.2 Å². The van der Waals surface area contributed by atoms with Gasteiger partial charge in [-0.25, -0.2) is 15.0 Å². The van der Waals surface area contributed by atoms with Crippen LogP contribution in [0.1, 0.15) is 11.5 Å². The number of hydrogen-bond donors (Lipinski definition) is 0. The predicted molar refractivity (Wildman–Crippen MR) is 75.7 cm³/mol. The zero-order valence-electron chi connectivity index (χ0n) is 11.1. The Morgan fingerprint density at radius 1 is 1.11 bits per heavy atom. The molecule has 0 unspecified atom stereocenters. The minimum atomic E-state index is 0.661. The fourth-order valence-electron chi connectivity index (χ4n) is 2.06. The highest BCUT2D eigenvalue weighted by Gasteiger charge is 2.15. The van der Waals surface area contributed by atoms with E-state index in [0.717, 1.165) is 33.0 Å². The van der Waals surface area contributed by atoms with Crippen molar-refractivity contribution in [2.75, 3.05) is 0 Å². The van der Waals surface area contributed by atoms with E-state index in [1.807, 2.05) is 38.6 Å². The molecule has 6 nitrogen and oxygen atoms in total. The average molecular weight is 321 g/mol. The second-order valence-corrected chi connectivity index (χ2v) is 5.31. The summed E-state index contributed by atoms with van der Waals surface area (Å²) in [5.41, 5.74) is 3.44.